The highest BCUT2D eigenvalue weighted by atomic mass is 79.9. The first kappa shape index (κ1) is 16.7. The number of nitrogens with zero attached hydrogens (tertiary/aromatic N) is 2. The van der Waals surface area contributed by atoms with Crippen LogP contribution in [-0.4, -0.2) is 22.0 Å². The number of amides is 1. The molecule has 1 amide bonds. The molecule has 1 heterocycles. The number of aromatic nitrogens is 2. The third kappa shape index (κ3) is 3.67. The summed E-state index contributed by atoms with van der Waals surface area (Å²) in [5, 5.41) is 2.97. The van der Waals surface area contributed by atoms with E-state index in [-0.39, 0.29) is 5.91 Å². The Morgan fingerprint density at radius 3 is 2.83 bits per heavy atom. The van der Waals surface area contributed by atoms with E-state index in [2.05, 4.69) is 38.8 Å². The molecular weight excluding hydrogens is 366 g/mol. The Morgan fingerprint density at radius 2 is 2.04 bits per heavy atom. The van der Waals surface area contributed by atoms with E-state index in [1.807, 2.05) is 42.5 Å². The molecular formula is C19H20BrN3O. The van der Waals surface area contributed by atoms with Crippen LogP contribution in [0.25, 0.3) is 11.0 Å². The van der Waals surface area contributed by atoms with Gasteiger partial charge in [-0.2, -0.15) is 0 Å². The topological polar surface area (TPSA) is 46.9 Å². The number of halogens is 1. The highest BCUT2D eigenvalue weighted by Gasteiger charge is 2.09. The Morgan fingerprint density at radius 1 is 1.21 bits per heavy atom. The van der Waals surface area contributed by atoms with Gasteiger partial charge in [0.1, 0.15) is 5.82 Å². The summed E-state index contributed by atoms with van der Waals surface area (Å²) in [6.07, 6.45) is 1.71. The number of carbonyl (C=O) groups excluding carboxylic acids is 1. The van der Waals surface area contributed by atoms with Crippen molar-refractivity contribution >= 4 is 32.9 Å². The summed E-state index contributed by atoms with van der Waals surface area (Å²) in [6, 6.07) is 15.6. The van der Waals surface area contributed by atoms with Crippen LogP contribution in [0.3, 0.4) is 0 Å². The fourth-order valence-electron chi connectivity index (χ4n) is 2.85. The molecule has 3 rings (SSSR count). The maximum Gasteiger partial charge on any atom is 0.251 e. The van der Waals surface area contributed by atoms with E-state index in [4.69, 9.17) is 4.98 Å². The molecule has 0 spiro atoms. The molecule has 0 saturated heterocycles. The lowest BCUT2D eigenvalue weighted by Crippen LogP contribution is -2.25. The predicted octanol–water partition coefficient (Wildman–Crippen LogP) is 4.18. The van der Waals surface area contributed by atoms with Gasteiger partial charge in [0.05, 0.1) is 11.0 Å². The van der Waals surface area contributed by atoms with Gasteiger partial charge in [0.25, 0.3) is 5.91 Å². The lowest BCUT2D eigenvalue weighted by Gasteiger charge is -2.07. The summed E-state index contributed by atoms with van der Waals surface area (Å²) in [7, 11) is 0. The van der Waals surface area contributed by atoms with E-state index >= 15 is 0 Å². The fraction of sp³-hybridized carbons (Fsp3) is 0.263. The number of para-hydroxylation sites is 2. The van der Waals surface area contributed by atoms with Gasteiger partial charge >= 0.3 is 0 Å². The van der Waals surface area contributed by atoms with Crippen LogP contribution in [0.4, 0.5) is 0 Å². The summed E-state index contributed by atoms with van der Waals surface area (Å²) in [4.78, 5) is 16.8. The summed E-state index contributed by atoms with van der Waals surface area (Å²) in [5.41, 5.74) is 2.88. The summed E-state index contributed by atoms with van der Waals surface area (Å²) < 4.78 is 3.15. The van der Waals surface area contributed by atoms with Crippen molar-refractivity contribution in [2.75, 3.05) is 6.54 Å². The van der Waals surface area contributed by atoms with Crippen molar-refractivity contribution in [1.82, 2.24) is 14.9 Å². The van der Waals surface area contributed by atoms with Gasteiger partial charge in [0, 0.05) is 29.5 Å². The quantitative estimate of drug-likeness (QED) is 0.646. The van der Waals surface area contributed by atoms with Crippen molar-refractivity contribution in [3.8, 4) is 0 Å². The summed E-state index contributed by atoms with van der Waals surface area (Å²) >= 11 is 3.38. The van der Waals surface area contributed by atoms with Crippen molar-refractivity contribution in [3.63, 3.8) is 0 Å². The largest absolute Gasteiger partial charge is 0.352 e. The molecule has 0 fully saturated rings. The molecule has 124 valence electrons. The van der Waals surface area contributed by atoms with Gasteiger partial charge in [-0.05, 0) is 43.7 Å². The van der Waals surface area contributed by atoms with E-state index in [9.17, 15) is 4.79 Å². The smallest absolute Gasteiger partial charge is 0.251 e. The minimum Gasteiger partial charge on any atom is -0.352 e. The number of carbonyl (C=O) groups is 1. The number of fused-ring (bicyclic) bond motifs is 1. The van der Waals surface area contributed by atoms with Crippen LogP contribution in [0.15, 0.2) is 53.0 Å². The van der Waals surface area contributed by atoms with Crippen LogP contribution in [0.1, 0.15) is 29.5 Å². The second-order valence-electron chi connectivity index (χ2n) is 5.63. The SMILES string of the molecule is CCn1c(CCCNC(=O)c2cccc(Br)c2)nc2ccccc21. The molecule has 1 N–H and O–H groups in total. The Labute approximate surface area is 150 Å². The maximum absolute atomic E-state index is 12.1. The minimum atomic E-state index is -0.0414. The molecule has 5 heteroatoms. The van der Waals surface area contributed by atoms with Crippen molar-refractivity contribution in [2.45, 2.75) is 26.3 Å². The Balaban J connectivity index is 1.58. The van der Waals surface area contributed by atoms with E-state index in [1.165, 1.54) is 5.52 Å². The van der Waals surface area contributed by atoms with Gasteiger partial charge in [-0.15, -0.1) is 0 Å². The Bertz CT molecular complexity index is 857. The second-order valence-corrected chi connectivity index (χ2v) is 6.55. The molecule has 1 aromatic heterocycles. The minimum absolute atomic E-state index is 0.0414. The number of rotatable bonds is 6. The number of hydrogen-bond donors (Lipinski definition) is 1. The average molecular weight is 386 g/mol. The summed E-state index contributed by atoms with van der Waals surface area (Å²) in [6.45, 7) is 3.67. The second kappa shape index (κ2) is 7.62. The lowest BCUT2D eigenvalue weighted by atomic mass is 10.2. The number of aryl methyl sites for hydroxylation is 2. The van der Waals surface area contributed by atoms with Crippen molar-refractivity contribution in [2.24, 2.45) is 0 Å². The van der Waals surface area contributed by atoms with E-state index in [1.54, 1.807) is 0 Å². The fourth-order valence-corrected chi connectivity index (χ4v) is 3.25. The van der Waals surface area contributed by atoms with Crippen LogP contribution in [0.5, 0.6) is 0 Å². The van der Waals surface area contributed by atoms with Gasteiger partial charge in [-0.3, -0.25) is 4.79 Å². The van der Waals surface area contributed by atoms with Crippen LogP contribution < -0.4 is 5.32 Å². The zero-order chi connectivity index (χ0) is 16.9. The van der Waals surface area contributed by atoms with Gasteiger partial charge in [0.15, 0.2) is 0 Å². The third-order valence-corrected chi connectivity index (χ3v) is 4.49. The summed E-state index contributed by atoms with van der Waals surface area (Å²) in [5.74, 6) is 1.04. The maximum atomic E-state index is 12.1. The Hall–Kier alpha value is -2.14. The number of imidazole rings is 1. The molecule has 0 aliphatic heterocycles. The monoisotopic (exact) mass is 385 g/mol. The van der Waals surface area contributed by atoms with E-state index in [0.29, 0.717) is 12.1 Å². The molecule has 0 atom stereocenters. The lowest BCUT2D eigenvalue weighted by molar-refractivity contribution is 0.0953. The van der Waals surface area contributed by atoms with E-state index < -0.39 is 0 Å². The molecule has 2 aromatic carbocycles. The highest BCUT2D eigenvalue weighted by Crippen LogP contribution is 2.17. The van der Waals surface area contributed by atoms with E-state index in [0.717, 1.165) is 35.2 Å². The first-order valence-electron chi connectivity index (χ1n) is 8.17. The van der Waals surface area contributed by atoms with Gasteiger partial charge in [-0.1, -0.05) is 34.1 Å². The molecule has 0 bridgehead atoms. The van der Waals surface area contributed by atoms with Crippen LogP contribution in [0.2, 0.25) is 0 Å². The molecule has 0 aliphatic carbocycles. The van der Waals surface area contributed by atoms with Crippen LogP contribution >= 0.6 is 15.9 Å². The molecule has 3 aromatic rings. The average Bonchev–Trinajstić information content (AvgIpc) is 2.96. The van der Waals surface area contributed by atoms with Crippen molar-refractivity contribution < 1.29 is 4.79 Å². The first-order chi connectivity index (χ1) is 11.7. The van der Waals surface area contributed by atoms with Gasteiger partial charge in [0.2, 0.25) is 0 Å². The number of benzene rings is 2. The number of hydrogen-bond acceptors (Lipinski definition) is 2. The van der Waals surface area contributed by atoms with Gasteiger partial charge in [-0.25, -0.2) is 4.98 Å². The van der Waals surface area contributed by atoms with Crippen LogP contribution in [-0.2, 0) is 13.0 Å². The Kier molecular flexibility index (Phi) is 5.30. The molecule has 0 aliphatic rings. The normalized spacial score (nSPS) is 10.9. The van der Waals surface area contributed by atoms with Crippen molar-refractivity contribution in [3.05, 3.63) is 64.4 Å². The molecule has 24 heavy (non-hydrogen) atoms. The zero-order valence-electron chi connectivity index (χ0n) is 13.6. The molecule has 0 saturated carbocycles. The number of nitrogens with one attached hydrogen (secondary N) is 1. The first-order valence-corrected chi connectivity index (χ1v) is 8.96. The van der Waals surface area contributed by atoms with Gasteiger partial charge < -0.3 is 9.88 Å². The molecule has 0 radical (unpaired) electrons. The van der Waals surface area contributed by atoms with Crippen LogP contribution in [0, 0.1) is 0 Å². The molecule has 4 nitrogen and oxygen atoms in total. The predicted molar refractivity (Wildman–Crippen MR) is 100 cm³/mol. The third-order valence-electron chi connectivity index (χ3n) is 4.00. The van der Waals surface area contributed by atoms with Crippen molar-refractivity contribution in [1.29, 1.82) is 0 Å². The highest BCUT2D eigenvalue weighted by molar-refractivity contribution is 9.10. The standard InChI is InChI=1S/C19H20BrN3O/c1-2-23-17-10-4-3-9-16(17)22-18(23)11-6-12-21-19(24)14-7-5-8-15(20)13-14/h3-5,7-10,13H,2,6,11-12H2,1H3,(H,21,24). The molecule has 0 unspecified atom stereocenters. The zero-order valence-corrected chi connectivity index (χ0v) is 15.2.